The molecule has 1 fully saturated rings. The number of nitriles is 1. The number of rotatable bonds is 2. The van der Waals surface area contributed by atoms with Gasteiger partial charge in [0.15, 0.2) is 0 Å². The predicted molar refractivity (Wildman–Crippen MR) is 62.3 cm³/mol. The van der Waals surface area contributed by atoms with E-state index in [1.807, 2.05) is 22.4 Å². The highest BCUT2D eigenvalue weighted by Gasteiger charge is 2.22. The van der Waals surface area contributed by atoms with Gasteiger partial charge >= 0.3 is 0 Å². The number of hydrogen-bond donors (Lipinski definition) is 0. The highest BCUT2D eigenvalue weighted by Crippen LogP contribution is 2.13. The first-order valence-electron chi connectivity index (χ1n) is 5.23. The van der Waals surface area contributed by atoms with Gasteiger partial charge in [0.25, 0.3) is 5.91 Å². The van der Waals surface area contributed by atoms with Crippen LogP contribution in [-0.2, 0) is 0 Å². The molecule has 1 aromatic heterocycles. The molecular formula is C11H13N3OS. The Morgan fingerprint density at radius 3 is 2.75 bits per heavy atom. The topological polar surface area (TPSA) is 47.3 Å². The Labute approximate surface area is 98.7 Å². The highest BCUT2D eigenvalue weighted by molar-refractivity contribution is 7.12. The number of carbonyl (C=O) groups excluding carboxylic acids is 1. The monoisotopic (exact) mass is 235 g/mol. The summed E-state index contributed by atoms with van der Waals surface area (Å²) in [6.45, 7) is 3.49. The van der Waals surface area contributed by atoms with E-state index in [9.17, 15) is 4.79 Å². The van der Waals surface area contributed by atoms with Gasteiger partial charge in [0.2, 0.25) is 0 Å². The third kappa shape index (κ3) is 2.40. The molecule has 0 N–H and O–H groups in total. The molecule has 0 aliphatic carbocycles. The molecule has 0 radical (unpaired) electrons. The molecule has 1 saturated heterocycles. The summed E-state index contributed by atoms with van der Waals surface area (Å²) in [4.78, 5) is 16.7. The fourth-order valence-corrected chi connectivity index (χ4v) is 2.46. The fourth-order valence-electron chi connectivity index (χ4n) is 1.77. The highest BCUT2D eigenvalue weighted by atomic mass is 32.1. The maximum atomic E-state index is 12.0. The van der Waals surface area contributed by atoms with E-state index >= 15 is 0 Å². The molecule has 0 aromatic carbocycles. The Bertz CT molecular complexity index is 388. The number of carbonyl (C=O) groups is 1. The van der Waals surface area contributed by atoms with E-state index < -0.39 is 0 Å². The van der Waals surface area contributed by atoms with Gasteiger partial charge in [0.1, 0.15) is 0 Å². The van der Waals surface area contributed by atoms with E-state index in [-0.39, 0.29) is 5.91 Å². The summed E-state index contributed by atoms with van der Waals surface area (Å²) in [5.74, 6) is 0.117. The molecular weight excluding hydrogens is 222 g/mol. The third-order valence-electron chi connectivity index (χ3n) is 2.69. The summed E-state index contributed by atoms with van der Waals surface area (Å²) < 4.78 is 0. The molecule has 0 unspecified atom stereocenters. The molecule has 1 aliphatic rings. The largest absolute Gasteiger partial charge is 0.335 e. The lowest BCUT2D eigenvalue weighted by Gasteiger charge is -2.33. The fraction of sp³-hybridized carbons (Fsp3) is 0.455. The Hall–Kier alpha value is -1.38. The van der Waals surface area contributed by atoms with Gasteiger partial charge in [-0.25, -0.2) is 0 Å². The molecule has 5 heteroatoms. The molecule has 0 saturated carbocycles. The lowest BCUT2D eigenvalue weighted by atomic mass is 10.3. The van der Waals surface area contributed by atoms with Gasteiger partial charge in [-0.15, -0.1) is 11.3 Å². The minimum absolute atomic E-state index is 0.117. The molecule has 0 spiro atoms. The second kappa shape index (κ2) is 5.10. The molecule has 16 heavy (non-hydrogen) atoms. The van der Waals surface area contributed by atoms with Crippen LogP contribution in [-0.4, -0.2) is 48.4 Å². The molecule has 2 heterocycles. The van der Waals surface area contributed by atoms with E-state index in [1.54, 1.807) is 0 Å². The van der Waals surface area contributed by atoms with Crippen molar-refractivity contribution in [2.24, 2.45) is 0 Å². The van der Waals surface area contributed by atoms with Crippen LogP contribution in [0.5, 0.6) is 0 Å². The maximum Gasteiger partial charge on any atom is 0.264 e. The smallest absolute Gasteiger partial charge is 0.264 e. The Kier molecular flexibility index (Phi) is 3.54. The Morgan fingerprint density at radius 1 is 1.44 bits per heavy atom. The first kappa shape index (κ1) is 11.1. The van der Waals surface area contributed by atoms with E-state index in [0.717, 1.165) is 31.1 Å². The van der Waals surface area contributed by atoms with Crippen molar-refractivity contribution in [3.05, 3.63) is 22.4 Å². The number of hydrogen-bond acceptors (Lipinski definition) is 4. The molecule has 0 atom stereocenters. The molecule has 1 amide bonds. The lowest BCUT2D eigenvalue weighted by Crippen LogP contribution is -2.48. The zero-order valence-corrected chi connectivity index (χ0v) is 9.74. The second-order valence-corrected chi connectivity index (χ2v) is 4.65. The van der Waals surface area contributed by atoms with Gasteiger partial charge in [-0.3, -0.25) is 9.69 Å². The van der Waals surface area contributed by atoms with Crippen molar-refractivity contribution in [1.82, 2.24) is 9.80 Å². The number of thiophene rings is 1. The van der Waals surface area contributed by atoms with Gasteiger partial charge < -0.3 is 4.90 Å². The summed E-state index contributed by atoms with van der Waals surface area (Å²) in [7, 11) is 0. The van der Waals surface area contributed by atoms with Crippen LogP contribution < -0.4 is 0 Å². The second-order valence-electron chi connectivity index (χ2n) is 3.70. The summed E-state index contributed by atoms with van der Waals surface area (Å²) >= 11 is 1.48. The van der Waals surface area contributed by atoms with Gasteiger partial charge in [0.05, 0.1) is 17.5 Å². The quantitative estimate of drug-likeness (QED) is 0.719. The minimum Gasteiger partial charge on any atom is -0.335 e. The summed E-state index contributed by atoms with van der Waals surface area (Å²) in [6.07, 6.45) is 0. The third-order valence-corrected chi connectivity index (χ3v) is 3.54. The molecule has 0 bridgehead atoms. The van der Waals surface area contributed by atoms with E-state index in [4.69, 9.17) is 5.26 Å². The van der Waals surface area contributed by atoms with Gasteiger partial charge in [-0.2, -0.15) is 5.26 Å². The van der Waals surface area contributed by atoms with Crippen molar-refractivity contribution in [3.8, 4) is 6.07 Å². The van der Waals surface area contributed by atoms with Crippen molar-refractivity contribution in [3.63, 3.8) is 0 Å². The SMILES string of the molecule is N#CCN1CCN(C(=O)c2cccs2)CC1. The first-order chi connectivity index (χ1) is 7.81. The van der Waals surface area contributed by atoms with E-state index in [0.29, 0.717) is 6.54 Å². The van der Waals surface area contributed by atoms with Crippen LogP contribution in [0.15, 0.2) is 17.5 Å². The van der Waals surface area contributed by atoms with Crippen LogP contribution in [0.3, 0.4) is 0 Å². The zero-order valence-electron chi connectivity index (χ0n) is 8.93. The number of nitrogens with zero attached hydrogens (tertiary/aromatic N) is 3. The summed E-state index contributed by atoms with van der Waals surface area (Å²) in [5, 5.41) is 10.5. The summed E-state index contributed by atoms with van der Waals surface area (Å²) in [5.41, 5.74) is 0. The summed E-state index contributed by atoms with van der Waals surface area (Å²) in [6, 6.07) is 5.88. The maximum absolute atomic E-state index is 12.0. The molecule has 1 aromatic rings. The van der Waals surface area contributed by atoms with Crippen LogP contribution in [0, 0.1) is 11.3 Å². The van der Waals surface area contributed by atoms with Crippen molar-refractivity contribution in [2.45, 2.75) is 0 Å². The standard InChI is InChI=1S/C11H13N3OS/c12-3-4-13-5-7-14(8-6-13)11(15)10-2-1-9-16-10/h1-2,9H,4-8H2. The van der Waals surface area contributed by atoms with Crippen molar-refractivity contribution < 1.29 is 4.79 Å². The van der Waals surface area contributed by atoms with Crippen LogP contribution in [0.25, 0.3) is 0 Å². The van der Waals surface area contributed by atoms with Crippen LogP contribution in [0.2, 0.25) is 0 Å². The average molecular weight is 235 g/mol. The molecule has 4 nitrogen and oxygen atoms in total. The van der Waals surface area contributed by atoms with Crippen molar-refractivity contribution in [1.29, 1.82) is 5.26 Å². The van der Waals surface area contributed by atoms with Crippen LogP contribution in [0.4, 0.5) is 0 Å². The van der Waals surface area contributed by atoms with E-state index in [2.05, 4.69) is 11.0 Å². The normalized spacial score (nSPS) is 17.1. The lowest BCUT2D eigenvalue weighted by molar-refractivity contribution is 0.0656. The van der Waals surface area contributed by atoms with E-state index in [1.165, 1.54) is 11.3 Å². The van der Waals surface area contributed by atoms with Crippen LogP contribution in [0.1, 0.15) is 9.67 Å². The average Bonchev–Trinajstić information content (AvgIpc) is 2.83. The van der Waals surface area contributed by atoms with Crippen molar-refractivity contribution >= 4 is 17.2 Å². The van der Waals surface area contributed by atoms with Gasteiger partial charge in [-0.1, -0.05) is 6.07 Å². The van der Waals surface area contributed by atoms with Gasteiger partial charge in [-0.05, 0) is 11.4 Å². The molecule has 84 valence electrons. The molecule has 1 aliphatic heterocycles. The van der Waals surface area contributed by atoms with Crippen LogP contribution >= 0.6 is 11.3 Å². The Morgan fingerprint density at radius 2 is 2.19 bits per heavy atom. The predicted octanol–water partition coefficient (Wildman–Crippen LogP) is 1.03. The first-order valence-corrected chi connectivity index (χ1v) is 6.11. The molecule has 2 rings (SSSR count). The zero-order chi connectivity index (χ0) is 11.4. The number of piperazine rings is 1. The van der Waals surface area contributed by atoms with Crippen molar-refractivity contribution in [2.75, 3.05) is 32.7 Å². The minimum atomic E-state index is 0.117. The van der Waals surface area contributed by atoms with Gasteiger partial charge in [0, 0.05) is 26.2 Å². The number of amides is 1. The Balaban J connectivity index is 1.90.